The monoisotopic (exact) mass is 325 g/mol. The van der Waals surface area contributed by atoms with Crippen LogP contribution in [-0.2, 0) is 29.1 Å². The molecule has 1 rings (SSSR count). The fraction of sp³-hybridized carbons (Fsp3) is 0.636. The van der Waals surface area contributed by atoms with Crippen LogP contribution in [0.5, 0.6) is 0 Å². The van der Waals surface area contributed by atoms with Gasteiger partial charge in [-0.3, -0.25) is 0 Å². The molecule has 0 N–H and O–H groups in total. The summed E-state index contributed by atoms with van der Waals surface area (Å²) in [6.45, 7) is 1.67. The van der Waals surface area contributed by atoms with Crippen molar-refractivity contribution in [2.45, 2.75) is 6.29 Å². The van der Waals surface area contributed by atoms with Crippen LogP contribution in [0, 0.1) is 0 Å². The molecule has 1 heterocycles. The predicted molar refractivity (Wildman–Crippen MR) is 75.2 cm³/mol. The van der Waals surface area contributed by atoms with Crippen LogP contribution < -0.4 is 0 Å². The van der Waals surface area contributed by atoms with Crippen LogP contribution >= 0.6 is 0 Å². The molecule has 1 atom stereocenters. The number of likely N-dealkylation sites (N-methyl/N-ethyl adjacent to an activating group) is 1. The van der Waals surface area contributed by atoms with Crippen molar-refractivity contribution >= 4 is 19.7 Å². The zero-order chi connectivity index (χ0) is 15.4. The molecular formula is C11H19NO6S2. The summed E-state index contributed by atoms with van der Waals surface area (Å²) >= 11 is 0. The van der Waals surface area contributed by atoms with Crippen LogP contribution in [-0.4, -0.2) is 67.3 Å². The average Bonchev–Trinajstić information content (AvgIpc) is 3.04. The Morgan fingerprint density at radius 1 is 1.30 bits per heavy atom. The highest BCUT2D eigenvalue weighted by Gasteiger charge is 2.23. The van der Waals surface area contributed by atoms with E-state index in [9.17, 15) is 16.8 Å². The van der Waals surface area contributed by atoms with Gasteiger partial charge in [-0.2, -0.15) is 0 Å². The number of ether oxygens (including phenoxy) is 2. The second-order valence-corrected chi connectivity index (χ2v) is 8.71. The Morgan fingerprint density at radius 3 is 2.30 bits per heavy atom. The Morgan fingerprint density at radius 2 is 1.85 bits per heavy atom. The zero-order valence-corrected chi connectivity index (χ0v) is 13.3. The second kappa shape index (κ2) is 6.70. The lowest BCUT2D eigenvalue weighted by atomic mass is 10.5. The van der Waals surface area contributed by atoms with Gasteiger partial charge in [0.2, 0.25) is 0 Å². The SMILES string of the molecule is CN(C=CC=C(S(C)(=O)=O)S(C)(=O)=O)CCOC1CO1. The summed E-state index contributed by atoms with van der Waals surface area (Å²) < 4.78 is 55.0. The van der Waals surface area contributed by atoms with Crippen molar-refractivity contribution in [3.63, 3.8) is 0 Å². The number of rotatable bonds is 8. The minimum absolute atomic E-state index is 0.102. The first-order chi connectivity index (χ1) is 9.10. The van der Waals surface area contributed by atoms with Crippen LogP contribution in [0.3, 0.4) is 0 Å². The highest BCUT2D eigenvalue weighted by molar-refractivity contribution is 8.13. The van der Waals surface area contributed by atoms with Gasteiger partial charge in [-0.25, -0.2) is 16.8 Å². The standard InChI is InChI=1S/C11H19NO6S2/c1-12(7-8-17-10-9-18-10)6-4-5-11(19(2,13)14)20(3,15)16/h4-6,10H,7-9H2,1-3H3. The Kier molecular flexibility index (Phi) is 5.75. The molecule has 7 nitrogen and oxygen atoms in total. The Balaban J connectivity index is 2.59. The van der Waals surface area contributed by atoms with Crippen molar-refractivity contribution in [2.24, 2.45) is 0 Å². The largest absolute Gasteiger partial charge is 0.378 e. The second-order valence-electron chi connectivity index (χ2n) is 4.49. The third kappa shape index (κ3) is 6.51. The normalized spacial score (nSPS) is 19.1. The van der Waals surface area contributed by atoms with E-state index < -0.39 is 23.9 Å². The van der Waals surface area contributed by atoms with E-state index in [1.807, 2.05) is 0 Å². The molecule has 0 aromatic heterocycles. The quantitative estimate of drug-likeness (QED) is 0.448. The third-order valence-electron chi connectivity index (χ3n) is 2.35. The summed E-state index contributed by atoms with van der Waals surface area (Å²) in [7, 11) is -5.79. The van der Waals surface area contributed by atoms with Crippen molar-refractivity contribution in [1.29, 1.82) is 0 Å². The fourth-order valence-electron chi connectivity index (χ4n) is 1.33. The van der Waals surface area contributed by atoms with Crippen molar-refractivity contribution in [2.75, 3.05) is 39.3 Å². The molecule has 1 aliphatic heterocycles. The maximum absolute atomic E-state index is 11.4. The van der Waals surface area contributed by atoms with Gasteiger partial charge in [0.1, 0.15) is 6.61 Å². The van der Waals surface area contributed by atoms with Gasteiger partial charge < -0.3 is 14.4 Å². The summed E-state index contributed by atoms with van der Waals surface area (Å²) in [5.41, 5.74) is 0. The highest BCUT2D eigenvalue weighted by Crippen LogP contribution is 2.12. The van der Waals surface area contributed by atoms with Crippen LogP contribution in [0.2, 0.25) is 0 Å². The smallest absolute Gasteiger partial charge is 0.186 e. The molecule has 0 radical (unpaired) electrons. The zero-order valence-electron chi connectivity index (χ0n) is 11.6. The Labute approximate surface area is 119 Å². The van der Waals surface area contributed by atoms with E-state index in [1.54, 1.807) is 18.1 Å². The molecule has 0 aliphatic carbocycles. The van der Waals surface area contributed by atoms with E-state index >= 15 is 0 Å². The lowest BCUT2D eigenvalue weighted by Gasteiger charge is -2.12. The minimum Gasteiger partial charge on any atom is -0.378 e. The van der Waals surface area contributed by atoms with E-state index in [0.717, 1.165) is 18.6 Å². The average molecular weight is 325 g/mol. The summed E-state index contributed by atoms with van der Waals surface area (Å²) in [5, 5.41) is 0. The summed E-state index contributed by atoms with van der Waals surface area (Å²) in [4.78, 5) is 1.75. The van der Waals surface area contributed by atoms with Crippen molar-refractivity contribution in [3.05, 3.63) is 22.6 Å². The fourth-order valence-corrected chi connectivity index (χ4v) is 4.18. The van der Waals surface area contributed by atoms with Crippen LogP contribution in [0.4, 0.5) is 0 Å². The van der Waals surface area contributed by atoms with Crippen LogP contribution in [0.25, 0.3) is 0 Å². The number of hydrogen-bond acceptors (Lipinski definition) is 7. The molecule has 1 fully saturated rings. The van der Waals surface area contributed by atoms with Gasteiger partial charge in [0, 0.05) is 26.1 Å². The van der Waals surface area contributed by atoms with Gasteiger partial charge in [-0.05, 0) is 18.4 Å². The maximum atomic E-state index is 11.4. The molecule has 9 heteroatoms. The third-order valence-corrected chi connectivity index (χ3v) is 5.90. The van der Waals surface area contributed by atoms with E-state index in [0.29, 0.717) is 19.8 Å². The first kappa shape index (κ1) is 17.2. The lowest BCUT2D eigenvalue weighted by Crippen LogP contribution is -2.18. The molecule has 1 unspecified atom stereocenters. The van der Waals surface area contributed by atoms with Gasteiger partial charge in [0.15, 0.2) is 30.2 Å². The van der Waals surface area contributed by atoms with Crippen LogP contribution in [0.15, 0.2) is 22.6 Å². The van der Waals surface area contributed by atoms with Gasteiger partial charge in [-0.1, -0.05) is 0 Å². The molecule has 0 bridgehead atoms. The van der Waals surface area contributed by atoms with Crippen molar-refractivity contribution in [3.8, 4) is 0 Å². The van der Waals surface area contributed by atoms with Crippen LogP contribution in [0.1, 0.15) is 0 Å². The topological polar surface area (TPSA) is 93.3 Å². The summed E-state index contributed by atoms with van der Waals surface area (Å²) in [6, 6.07) is 0. The number of allylic oxidation sites excluding steroid dienone is 2. The predicted octanol–water partition coefficient (Wildman–Crippen LogP) is -0.265. The maximum Gasteiger partial charge on any atom is 0.186 e. The number of epoxide rings is 1. The molecule has 116 valence electrons. The molecule has 0 saturated carbocycles. The van der Waals surface area contributed by atoms with E-state index in [2.05, 4.69) is 0 Å². The highest BCUT2D eigenvalue weighted by atomic mass is 32.3. The molecule has 0 aromatic carbocycles. The molecule has 20 heavy (non-hydrogen) atoms. The van der Waals surface area contributed by atoms with Gasteiger partial charge in [0.05, 0.1) is 6.61 Å². The first-order valence-electron chi connectivity index (χ1n) is 5.83. The summed E-state index contributed by atoms with van der Waals surface area (Å²) in [6.07, 6.45) is 5.65. The molecule has 0 spiro atoms. The Bertz CT molecular complexity index is 552. The van der Waals surface area contributed by atoms with E-state index in [-0.39, 0.29) is 6.29 Å². The first-order valence-corrected chi connectivity index (χ1v) is 9.61. The molecule has 1 aliphatic rings. The number of sulfone groups is 2. The number of nitrogens with zero attached hydrogens (tertiary/aromatic N) is 1. The minimum atomic E-state index is -3.78. The van der Waals surface area contributed by atoms with Gasteiger partial charge >= 0.3 is 0 Å². The Hall–Kier alpha value is -0.900. The van der Waals surface area contributed by atoms with Gasteiger partial charge in [0.25, 0.3) is 0 Å². The summed E-state index contributed by atoms with van der Waals surface area (Å²) in [5.74, 6) is 0. The van der Waals surface area contributed by atoms with Crippen molar-refractivity contribution < 1.29 is 26.3 Å². The van der Waals surface area contributed by atoms with E-state index in [4.69, 9.17) is 9.47 Å². The van der Waals surface area contributed by atoms with E-state index in [1.165, 1.54) is 6.08 Å². The lowest BCUT2D eigenvalue weighted by molar-refractivity contribution is 0.0440. The van der Waals surface area contributed by atoms with Gasteiger partial charge in [-0.15, -0.1) is 0 Å². The number of hydrogen-bond donors (Lipinski definition) is 0. The molecule has 1 saturated heterocycles. The van der Waals surface area contributed by atoms with Crippen molar-refractivity contribution in [1.82, 2.24) is 4.90 Å². The molecule has 0 aromatic rings. The molecule has 0 amide bonds. The molecular weight excluding hydrogens is 306 g/mol.